The van der Waals surface area contributed by atoms with Crippen LogP contribution < -0.4 is 11.1 Å². The van der Waals surface area contributed by atoms with Crippen molar-refractivity contribution in [1.82, 2.24) is 20.3 Å². The highest BCUT2D eigenvalue weighted by Crippen LogP contribution is 2.32. The van der Waals surface area contributed by atoms with E-state index < -0.39 is 11.5 Å². The molecule has 1 fully saturated rings. The quantitative estimate of drug-likeness (QED) is 0.654. The molecule has 1 aromatic rings. The molecule has 1 aliphatic rings. The molecule has 0 unspecified atom stereocenters. The van der Waals surface area contributed by atoms with Crippen LogP contribution in [0.3, 0.4) is 0 Å². The molecule has 110 valence electrons. The molecule has 0 aromatic carbocycles. The van der Waals surface area contributed by atoms with Gasteiger partial charge in [0.15, 0.2) is 0 Å². The van der Waals surface area contributed by atoms with Gasteiger partial charge in [-0.3, -0.25) is 9.59 Å². The van der Waals surface area contributed by atoms with Gasteiger partial charge in [-0.1, -0.05) is 18.1 Å². The van der Waals surface area contributed by atoms with Crippen molar-refractivity contribution < 1.29 is 14.7 Å². The molecule has 0 spiro atoms. The number of carboxylic acid groups (broad SMARTS) is 1. The number of aliphatic carboxylic acids is 1. The first-order valence-corrected chi connectivity index (χ1v) is 6.65. The van der Waals surface area contributed by atoms with Gasteiger partial charge in [-0.05, 0) is 12.8 Å². The Kier molecular flexibility index (Phi) is 4.33. The second-order valence-corrected chi connectivity index (χ2v) is 5.22. The van der Waals surface area contributed by atoms with Crippen molar-refractivity contribution in [3.63, 3.8) is 0 Å². The van der Waals surface area contributed by atoms with Crippen molar-refractivity contribution in [1.29, 1.82) is 0 Å². The summed E-state index contributed by atoms with van der Waals surface area (Å²) in [6, 6.07) is 0. The minimum Gasteiger partial charge on any atom is -0.481 e. The number of nitrogens with one attached hydrogen (secondary N) is 1. The van der Waals surface area contributed by atoms with E-state index in [-0.39, 0.29) is 25.4 Å². The summed E-state index contributed by atoms with van der Waals surface area (Å²) in [5.74, 6) is -1.14. The van der Waals surface area contributed by atoms with Crippen molar-refractivity contribution in [2.24, 2.45) is 5.73 Å². The topological polar surface area (TPSA) is 123 Å². The molecule has 4 N–H and O–H groups in total. The maximum absolute atomic E-state index is 12.0. The normalized spacial score (nSPS) is 17.1. The first kappa shape index (κ1) is 14.4. The molecule has 8 nitrogen and oxygen atoms in total. The standard InChI is InChI=1S/C12H19N5O3/c13-6-9-7-17(16-15-9)8-10(18)14-12(5-11(19)20)3-1-2-4-12/h7H,1-6,8,13H2,(H,14,18)(H,19,20). The first-order valence-electron chi connectivity index (χ1n) is 6.65. The number of aromatic nitrogens is 3. The minimum absolute atomic E-state index is 0.0222. The van der Waals surface area contributed by atoms with E-state index in [9.17, 15) is 9.59 Å². The zero-order valence-corrected chi connectivity index (χ0v) is 11.2. The van der Waals surface area contributed by atoms with Gasteiger partial charge in [0.25, 0.3) is 0 Å². The van der Waals surface area contributed by atoms with Gasteiger partial charge in [0.05, 0.1) is 23.9 Å². The molecule has 2 rings (SSSR count). The van der Waals surface area contributed by atoms with Crippen molar-refractivity contribution in [3.05, 3.63) is 11.9 Å². The number of carbonyl (C=O) groups is 2. The highest BCUT2D eigenvalue weighted by Gasteiger charge is 2.37. The SMILES string of the molecule is NCc1cn(CC(=O)NC2(CC(=O)O)CCCC2)nn1. The molecule has 1 amide bonds. The lowest BCUT2D eigenvalue weighted by atomic mass is 9.93. The van der Waals surface area contributed by atoms with Crippen LogP contribution >= 0.6 is 0 Å². The molecule has 1 aromatic heterocycles. The zero-order chi connectivity index (χ0) is 14.6. The Bertz CT molecular complexity index is 493. The molecule has 20 heavy (non-hydrogen) atoms. The van der Waals surface area contributed by atoms with Crippen LogP contribution in [-0.2, 0) is 22.7 Å². The molecule has 8 heteroatoms. The first-order chi connectivity index (χ1) is 9.53. The Hall–Kier alpha value is -1.96. The van der Waals surface area contributed by atoms with Crippen LogP contribution in [0.25, 0.3) is 0 Å². The minimum atomic E-state index is -0.890. The third-order valence-corrected chi connectivity index (χ3v) is 3.56. The molecular weight excluding hydrogens is 262 g/mol. The number of carboxylic acids is 1. The maximum atomic E-state index is 12.0. The number of hydrogen-bond acceptors (Lipinski definition) is 5. The summed E-state index contributed by atoms with van der Waals surface area (Å²) in [5, 5.41) is 19.4. The Morgan fingerprint density at radius 1 is 1.45 bits per heavy atom. The lowest BCUT2D eigenvalue weighted by molar-refractivity contribution is -0.139. The molecule has 0 saturated heterocycles. The van der Waals surface area contributed by atoms with Crippen molar-refractivity contribution >= 4 is 11.9 Å². The summed E-state index contributed by atoms with van der Waals surface area (Å²) < 4.78 is 1.40. The van der Waals surface area contributed by atoms with Crippen LogP contribution in [0, 0.1) is 0 Å². The van der Waals surface area contributed by atoms with Gasteiger partial charge in [-0.15, -0.1) is 5.10 Å². The summed E-state index contributed by atoms with van der Waals surface area (Å²) in [6.45, 7) is 0.291. The van der Waals surface area contributed by atoms with Crippen LogP contribution in [0.1, 0.15) is 37.8 Å². The van der Waals surface area contributed by atoms with Crippen molar-refractivity contribution in [2.75, 3.05) is 0 Å². The number of nitrogens with two attached hydrogens (primary N) is 1. The van der Waals surface area contributed by atoms with E-state index in [1.165, 1.54) is 4.68 Å². The highest BCUT2D eigenvalue weighted by molar-refractivity contribution is 5.78. The van der Waals surface area contributed by atoms with Gasteiger partial charge in [0.1, 0.15) is 6.54 Å². The van der Waals surface area contributed by atoms with E-state index in [1.807, 2.05) is 0 Å². The summed E-state index contributed by atoms with van der Waals surface area (Å²) in [5.41, 5.74) is 5.42. The fourth-order valence-corrected chi connectivity index (χ4v) is 2.68. The van der Waals surface area contributed by atoms with Crippen LogP contribution in [0.2, 0.25) is 0 Å². The van der Waals surface area contributed by atoms with Crippen molar-refractivity contribution in [2.45, 2.75) is 50.7 Å². The van der Waals surface area contributed by atoms with E-state index in [0.717, 1.165) is 12.8 Å². The van der Waals surface area contributed by atoms with E-state index in [1.54, 1.807) is 6.20 Å². The zero-order valence-electron chi connectivity index (χ0n) is 11.2. The van der Waals surface area contributed by atoms with E-state index in [2.05, 4.69) is 15.6 Å². The fourth-order valence-electron chi connectivity index (χ4n) is 2.68. The number of hydrogen-bond donors (Lipinski definition) is 3. The van der Waals surface area contributed by atoms with Gasteiger partial charge in [0, 0.05) is 6.54 Å². The monoisotopic (exact) mass is 281 g/mol. The van der Waals surface area contributed by atoms with Gasteiger partial charge >= 0.3 is 5.97 Å². The second kappa shape index (κ2) is 6.00. The summed E-state index contributed by atoms with van der Waals surface area (Å²) in [4.78, 5) is 23.0. The molecule has 0 radical (unpaired) electrons. The molecular formula is C12H19N5O3. The number of rotatable bonds is 6. The van der Waals surface area contributed by atoms with E-state index in [0.29, 0.717) is 18.5 Å². The molecule has 1 heterocycles. The van der Waals surface area contributed by atoms with Crippen molar-refractivity contribution in [3.8, 4) is 0 Å². The Morgan fingerprint density at radius 2 is 2.15 bits per heavy atom. The lowest BCUT2D eigenvalue weighted by Gasteiger charge is -2.28. The molecule has 0 aliphatic heterocycles. The highest BCUT2D eigenvalue weighted by atomic mass is 16.4. The third-order valence-electron chi connectivity index (χ3n) is 3.56. The third kappa shape index (κ3) is 3.53. The lowest BCUT2D eigenvalue weighted by Crippen LogP contribution is -2.48. The average molecular weight is 281 g/mol. The molecule has 0 bridgehead atoms. The van der Waals surface area contributed by atoms with Gasteiger partial charge in [0.2, 0.25) is 5.91 Å². The van der Waals surface area contributed by atoms with Gasteiger partial charge in [-0.2, -0.15) is 0 Å². The molecule has 1 aliphatic carbocycles. The fraction of sp³-hybridized carbons (Fsp3) is 0.667. The Balaban J connectivity index is 1.96. The largest absolute Gasteiger partial charge is 0.481 e. The van der Waals surface area contributed by atoms with Crippen LogP contribution in [0.4, 0.5) is 0 Å². The van der Waals surface area contributed by atoms with Crippen LogP contribution in [0.15, 0.2) is 6.20 Å². The second-order valence-electron chi connectivity index (χ2n) is 5.22. The smallest absolute Gasteiger partial charge is 0.305 e. The van der Waals surface area contributed by atoms with E-state index in [4.69, 9.17) is 10.8 Å². The van der Waals surface area contributed by atoms with Gasteiger partial charge in [-0.25, -0.2) is 4.68 Å². The Morgan fingerprint density at radius 3 is 2.70 bits per heavy atom. The van der Waals surface area contributed by atoms with E-state index >= 15 is 0 Å². The summed E-state index contributed by atoms with van der Waals surface area (Å²) in [6.07, 6.45) is 4.86. The molecule has 1 saturated carbocycles. The summed E-state index contributed by atoms with van der Waals surface area (Å²) >= 11 is 0. The predicted octanol–water partition coefficient (Wildman–Crippen LogP) is -0.360. The number of carbonyl (C=O) groups excluding carboxylic acids is 1. The average Bonchev–Trinajstić information content (AvgIpc) is 2.98. The molecule has 0 atom stereocenters. The van der Waals surface area contributed by atoms with Gasteiger partial charge < -0.3 is 16.2 Å². The predicted molar refractivity (Wildman–Crippen MR) is 69.5 cm³/mol. The van der Waals surface area contributed by atoms with Crippen LogP contribution in [0.5, 0.6) is 0 Å². The summed E-state index contributed by atoms with van der Waals surface area (Å²) in [7, 11) is 0. The van der Waals surface area contributed by atoms with Crippen LogP contribution in [-0.4, -0.2) is 37.5 Å². The Labute approximate surface area is 116 Å². The maximum Gasteiger partial charge on any atom is 0.305 e. The number of nitrogens with zero attached hydrogens (tertiary/aromatic N) is 3. The number of amides is 1.